The lowest BCUT2D eigenvalue weighted by Gasteiger charge is -2.33. The van der Waals surface area contributed by atoms with Crippen LogP contribution in [0, 0.1) is 0 Å². The minimum atomic E-state index is -1.14. The number of aromatic hydroxyl groups is 1. The lowest BCUT2D eigenvalue weighted by Crippen LogP contribution is -2.43. The van der Waals surface area contributed by atoms with Crippen molar-refractivity contribution >= 4 is 40.2 Å². The molecule has 3 aliphatic rings. The third kappa shape index (κ3) is 2.91. The summed E-state index contributed by atoms with van der Waals surface area (Å²) in [6.07, 6.45) is 1.81. The van der Waals surface area contributed by atoms with E-state index < -0.39 is 5.72 Å². The van der Waals surface area contributed by atoms with Crippen molar-refractivity contribution in [1.82, 2.24) is 9.47 Å². The minimum absolute atomic E-state index is 0.322. The summed E-state index contributed by atoms with van der Waals surface area (Å²) < 4.78 is 1.81. The zero-order valence-electron chi connectivity index (χ0n) is 17.7. The van der Waals surface area contributed by atoms with E-state index in [4.69, 9.17) is 11.6 Å². The van der Waals surface area contributed by atoms with E-state index in [1.54, 1.807) is 0 Å². The van der Waals surface area contributed by atoms with Gasteiger partial charge in [0.05, 0.1) is 13.1 Å². The van der Waals surface area contributed by atoms with Crippen LogP contribution in [0.25, 0.3) is 10.8 Å². The van der Waals surface area contributed by atoms with Crippen molar-refractivity contribution in [3.05, 3.63) is 94.5 Å². The van der Waals surface area contributed by atoms with Gasteiger partial charge in [-0.25, -0.2) is 4.99 Å². The standard InChI is InChI=1S/C16H13ClN2O.C10H8N2O/c17-12-7-5-11(6-8-12)16(20)14-4-2-1-3-13(14)15-18-9-10-19(15)16;13-10-8-4-2-1-3-7(8)9-11-5-6-12(9)10/h1-8,20H,9-10H2;1-5,13H,6H2. The van der Waals surface area contributed by atoms with Crippen molar-refractivity contribution in [2.75, 3.05) is 13.1 Å². The SMILES string of the molecule is OC1(c2ccc(Cl)cc2)c2ccccc2C2=NCCN21.Oc1c2ccccc2c2n1CC=N2. The molecule has 0 spiro atoms. The highest BCUT2D eigenvalue weighted by Crippen LogP contribution is 2.44. The molecule has 4 heterocycles. The molecule has 7 rings (SSSR count). The first kappa shape index (κ1) is 20.0. The Labute approximate surface area is 195 Å². The van der Waals surface area contributed by atoms with Crippen LogP contribution < -0.4 is 0 Å². The van der Waals surface area contributed by atoms with Gasteiger partial charge in [-0.1, -0.05) is 66.2 Å². The molecule has 0 saturated heterocycles. The van der Waals surface area contributed by atoms with Crippen LogP contribution in [0.2, 0.25) is 5.02 Å². The Kier molecular flexibility index (Phi) is 4.54. The Morgan fingerprint density at radius 2 is 1.64 bits per heavy atom. The number of benzene rings is 3. The molecule has 33 heavy (non-hydrogen) atoms. The van der Waals surface area contributed by atoms with Crippen LogP contribution >= 0.6 is 11.6 Å². The average molecular weight is 457 g/mol. The highest BCUT2D eigenvalue weighted by Gasteiger charge is 2.49. The van der Waals surface area contributed by atoms with Gasteiger partial charge < -0.3 is 15.1 Å². The van der Waals surface area contributed by atoms with Gasteiger partial charge in [0, 0.05) is 45.2 Å². The van der Waals surface area contributed by atoms with Crippen LogP contribution in [0.1, 0.15) is 16.7 Å². The van der Waals surface area contributed by atoms with E-state index in [9.17, 15) is 10.2 Å². The highest BCUT2D eigenvalue weighted by molar-refractivity contribution is 6.30. The number of nitrogens with zero attached hydrogens (tertiary/aromatic N) is 4. The number of hydrogen-bond acceptors (Lipinski definition) is 5. The Bertz CT molecular complexity index is 1440. The summed E-state index contributed by atoms with van der Waals surface area (Å²) in [5, 5.41) is 23.7. The average Bonchev–Trinajstić information content (AvgIpc) is 3.61. The molecule has 0 saturated carbocycles. The number of fused-ring (bicyclic) bond motifs is 6. The summed E-state index contributed by atoms with van der Waals surface area (Å²) in [6, 6.07) is 23.0. The van der Waals surface area contributed by atoms with E-state index in [0.29, 0.717) is 17.4 Å². The number of rotatable bonds is 1. The molecule has 0 aliphatic carbocycles. The number of aliphatic imine (C=N–C) groups is 2. The summed E-state index contributed by atoms with van der Waals surface area (Å²) in [5.74, 6) is 2.08. The van der Waals surface area contributed by atoms with E-state index in [1.165, 1.54) is 0 Å². The third-order valence-corrected chi connectivity index (χ3v) is 6.67. The van der Waals surface area contributed by atoms with Crippen LogP contribution in [-0.4, -0.2) is 44.8 Å². The molecule has 0 radical (unpaired) electrons. The van der Waals surface area contributed by atoms with Gasteiger partial charge in [-0.05, 0) is 18.2 Å². The van der Waals surface area contributed by atoms with Crippen molar-refractivity contribution in [3.8, 4) is 5.88 Å². The Morgan fingerprint density at radius 3 is 2.45 bits per heavy atom. The fraction of sp³-hybridized carbons (Fsp3) is 0.154. The van der Waals surface area contributed by atoms with Crippen molar-refractivity contribution in [2.24, 2.45) is 9.98 Å². The number of hydrogen-bond donors (Lipinski definition) is 2. The van der Waals surface area contributed by atoms with Gasteiger partial charge in [0.15, 0.2) is 5.72 Å². The molecule has 1 unspecified atom stereocenters. The van der Waals surface area contributed by atoms with Crippen LogP contribution in [-0.2, 0) is 12.3 Å². The summed E-state index contributed by atoms with van der Waals surface area (Å²) in [5.41, 5.74) is 1.58. The first-order valence-electron chi connectivity index (χ1n) is 10.8. The zero-order valence-corrected chi connectivity index (χ0v) is 18.4. The Balaban J connectivity index is 0.000000137. The largest absolute Gasteiger partial charge is 0.494 e. The fourth-order valence-corrected chi connectivity index (χ4v) is 5.03. The number of halogens is 1. The van der Waals surface area contributed by atoms with E-state index in [2.05, 4.69) is 9.98 Å². The molecule has 164 valence electrons. The summed E-state index contributed by atoms with van der Waals surface area (Å²) in [6.45, 7) is 2.12. The van der Waals surface area contributed by atoms with Crippen LogP contribution in [0.5, 0.6) is 5.88 Å². The maximum Gasteiger partial charge on any atom is 0.201 e. The van der Waals surface area contributed by atoms with Gasteiger partial charge in [0.25, 0.3) is 0 Å². The lowest BCUT2D eigenvalue weighted by molar-refractivity contribution is -0.0242. The van der Waals surface area contributed by atoms with Gasteiger partial charge in [-0.15, -0.1) is 0 Å². The van der Waals surface area contributed by atoms with E-state index in [1.807, 2.05) is 88.5 Å². The molecule has 1 atom stereocenters. The smallest absolute Gasteiger partial charge is 0.201 e. The lowest BCUT2D eigenvalue weighted by atomic mass is 9.94. The van der Waals surface area contributed by atoms with E-state index >= 15 is 0 Å². The summed E-state index contributed by atoms with van der Waals surface area (Å²) >= 11 is 5.96. The van der Waals surface area contributed by atoms with Crippen LogP contribution in [0.4, 0.5) is 5.82 Å². The highest BCUT2D eigenvalue weighted by atomic mass is 35.5. The zero-order chi connectivity index (χ0) is 22.6. The van der Waals surface area contributed by atoms with Gasteiger partial charge in [0.1, 0.15) is 11.7 Å². The van der Waals surface area contributed by atoms with Gasteiger partial charge >= 0.3 is 0 Å². The van der Waals surface area contributed by atoms with Gasteiger partial charge in [-0.2, -0.15) is 0 Å². The quantitative estimate of drug-likeness (QED) is 0.437. The predicted molar refractivity (Wildman–Crippen MR) is 131 cm³/mol. The van der Waals surface area contributed by atoms with Crippen molar-refractivity contribution in [2.45, 2.75) is 12.3 Å². The van der Waals surface area contributed by atoms with Gasteiger partial charge in [-0.3, -0.25) is 9.56 Å². The molecule has 4 aromatic rings. The summed E-state index contributed by atoms with van der Waals surface area (Å²) in [7, 11) is 0. The molecule has 3 aromatic carbocycles. The minimum Gasteiger partial charge on any atom is -0.494 e. The monoisotopic (exact) mass is 456 g/mol. The fourth-order valence-electron chi connectivity index (χ4n) is 4.90. The second-order valence-corrected chi connectivity index (χ2v) is 8.63. The molecule has 1 aromatic heterocycles. The molecule has 0 bridgehead atoms. The Morgan fingerprint density at radius 1 is 0.909 bits per heavy atom. The summed E-state index contributed by atoms with van der Waals surface area (Å²) in [4.78, 5) is 10.7. The van der Waals surface area contributed by atoms with Gasteiger partial charge in [0.2, 0.25) is 5.88 Å². The van der Waals surface area contributed by atoms with Crippen molar-refractivity contribution in [1.29, 1.82) is 0 Å². The van der Waals surface area contributed by atoms with Crippen LogP contribution in [0.15, 0.2) is 82.8 Å². The second kappa shape index (κ2) is 7.47. The normalized spacial score (nSPS) is 19.7. The molecular weight excluding hydrogens is 436 g/mol. The van der Waals surface area contributed by atoms with Crippen molar-refractivity contribution in [3.63, 3.8) is 0 Å². The second-order valence-electron chi connectivity index (χ2n) is 8.20. The van der Waals surface area contributed by atoms with E-state index in [-0.39, 0.29) is 0 Å². The van der Waals surface area contributed by atoms with Crippen LogP contribution in [0.3, 0.4) is 0 Å². The number of aromatic nitrogens is 1. The maximum absolute atomic E-state index is 11.4. The topological polar surface area (TPSA) is 73.3 Å². The molecule has 7 heteroatoms. The molecule has 3 aliphatic heterocycles. The molecular formula is C26H21ClN4O2. The van der Waals surface area contributed by atoms with E-state index in [0.717, 1.165) is 52.2 Å². The first-order valence-corrected chi connectivity index (χ1v) is 11.2. The third-order valence-electron chi connectivity index (χ3n) is 6.42. The number of amidine groups is 1. The Hall–Kier alpha value is -3.61. The molecule has 0 fully saturated rings. The maximum atomic E-state index is 11.4. The molecule has 0 amide bonds. The predicted octanol–water partition coefficient (Wildman–Crippen LogP) is 4.67. The first-order chi connectivity index (χ1) is 16.1. The molecule has 2 N–H and O–H groups in total. The van der Waals surface area contributed by atoms with Crippen molar-refractivity contribution < 1.29 is 10.2 Å². The molecule has 6 nitrogen and oxygen atoms in total. The number of aliphatic hydroxyl groups is 1.